The summed E-state index contributed by atoms with van der Waals surface area (Å²) in [6.45, 7) is 6.57. The van der Waals surface area contributed by atoms with Crippen molar-refractivity contribution in [2.24, 2.45) is 0 Å². The second-order valence-electron chi connectivity index (χ2n) is 6.32. The smallest absolute Gasteiger partial charge is 0.293 e. The van der Waals surface area contributed by atoms with Crippen LogP contribution in [0.15, 0.2) is 24.4 Å². The summed E-state index contributed by atoms with van der Waals surface area (Å²) in [6, 6.07) is 0. The number of aliphatic hydroxyl groups is 3. The Labute approximate surface area is 129 Å². The Balaban J connectivity index is 2.11. The van der Waals surface area contributed by atoms with Crippen molar-refractivity contribution in [1.29, 1.82) is 0 Å². The molecule has 0 aromatic carbocycles. The molecular formula is C14H23N2O5P. The third-order valence-electron chi connectivity index (χ3n) is 3.69. The van der Waals surface area contributed by atoms with E-state index in [2.05, 4.69) is 31.5 Å². The third-order valence-corrected chi connectivity index (χ3v) is 5.16. The maximum Gasteiger partial charge on any atom is 0.293 e. The molecule has 4 atom stereocenters. The fourth-order valence-electron chi connectivity index (χ4n) is 2.43. The Morgan fingerprint density at radius 1 is 1.41 bits per heavy atom. The first kappa shape index (κ1) is 17.1. The van der Waals surface area contributed by atoms with Crippen LogP contribution in [0, 0.1) is 0 Å². The van der Waals surface area contributed by atoms with Gasteiger partial charge in [0.2, 0.25) is 0 Å². The summed E-state index contributed by atoms with van der Waals surface area (Å²) in [5.74, 6) is -1.01. The molecule has 8 heteroatoms. The summed E-state index contributed by atoms with van der Waals surface area (Å²) >= 11 is 0. The molecule has 2 rings (SSSR count). The van der Waals surface area contributed by atoms with E-state index in [0.29, 0.717) is 6.42 Å². The SMILES string of the molecule is C=C1NC(=O)C(O)=CN1C1OC(CCP(=C)(C)C)[C@@H](O)[C@H]1O. The quantitative estimate of drug-likeness (QED) is 0.534. The van der Waals surface area contributed by atoms with Crippen LogP contribution in [0.1, 0.15) is 6.42 Å². The first-order valence-electron chi connectivity index (χ1n) is 6.98. The van der Waals surface area contributed by atoms with Gasteiger partial charge in [0.15, 0.2) is 12.0 Å². The molecule has 2 heterocycles. The fraction of sp³-hybridized carbons (Fsp3) is 0.571. The van der Waals surface area contributed by atoms with Gasteiger partial charge in [-0.05, 0) is 25.9 Å². The lowest BCUT2D eigenvalue weighted by Crippen LogP contribution is -2.47. The van der Waals surface area contributed by atoms with Gasteiger partial charge in [0.25, 0.3) is 5.91 Å². The van der Waals surface area contributed by atoms with E-state index in [-0.39, 0.29) is 5.82 Å². The van der Waals surface area contributed by atoms with Gasteiger partial charge in [0.05, 0.1) is 12.3 Å². The van der Waals surface area contributed by atoms with Crippen LogP contribution >= 0.6 is 6.89 Å². The van der Waals surface area contributed by atoms with Gasteiger partial charge in [0.1, 0.15) is 18.0 Å². The normalized spacial score (nSPS) is 32.9. The first-order chi connectivity index (χ1) is 10.1. The Bertz CT molecular complexity index is 555. The summed E-state index contributed by atoms with van der Waals surface area (Å²) in [4.78, 5) is 12.6. The highest BCUT2D eigenvalue weighted by Gasteiger charge is 2.46. The Hall–Kier alpha value is -1.27. The molecule has 4 N–H and O–H groups in total. The lowest BCUT2D eigenvalue weighted by atomic mass is 10.1. The topological polar surface area (TPSA) is 102 Å². The highest BCUT2D eigenvalue weighted by molar-refractivity contribution is 7.72. The van der Waals surface area contributed by atoms with E-state index in [1.165, 1.54) is 4.90 Å². The lowest BCUT2D eigenvalue weighted by molar-refractivity contribution is -0.122. The van der Waals surface area contributed by atoms with Crippen molar-refractivity contribution in [2.45, 2.75) is 31.0 Å². The second-order valence-corrected chi connectivity index (χ2v) is 10.6. The van der Waals surface area contributed by atoms with Crippen molar-refractivity contribution < 1.29 is 24.9 Å². The molecule has 7 nitrogen and oxygen atoms in total. The Morgan fingerprint density at radius 2 is 2.05 bits per heavy atom. The molecule has 0 aliphatic carbocycles. The molecule has 2 aliphatic rings. The average molecular weight is 330 g/mol. The van der Waals surface area contributed by atoms with Crippen molar-refractivity contribution in [3.63, 3.8) is 0 Å². The number of aliphatic hydroxyl groups excluding tert-OH is 3. The zero-order valence-electron chi connectivity index (χ0n) is 12.8. The molecular weight excluding hydrogens is 307 g/mol. The summed E-state index contributed by atoms with van der Waals surface area (Å²) in [5, 5.41) is 32.2. The van der Waals surface area contributed by atoms with Crippen molar-refractivity contribution in [2.75, 3.05) is 19.5 Å². The molecule has 0 saturated carbocycles. The second kappa shape index (κ2) is 6.08. The molecule has 0 bridgehead atoms. The van der Waals surface area contributed by atoms with E-state index in [1.54, 1.807) is 0 Å². The van der Waals surface area contributed by atoms with E-state index in [0.717, 1.165) is 12.4 Å². The highest BCUT2D eigenvalue weighted by Crippen LogP contribution is 2.38. The number of nitrogens with one attached hydrogen (secondary N) is 1. The van der Waals surface area contributed by atoms with Crippen LogP contribution in [0.5, 0.6) is 0 Å². The number of carbonyl (C=O) groups excluding carboxylic acids is 1. The minimum Gasteiger partial charge on any atom is -0.502 e. The summed E-state index contributed by atoms with van der Waals surface area (Å²) in [6.07, 6.45) is 3.00. The molecule has 0 radical (unpaired) electrons. The maximum absolute atomic E-state index is 11.3. The minimum atomic E-state index is -1.26. The van der Waals surface area contributed by atoms with Gasteiger partial charge in [-0.25, -0.2) is 0 Å². The first-order valence-corrected chi connectivity index (χ1v) is 10.0. The van der Waals surface area contributed by atoms with Crippen LogP contribution in [0.3, 0.4) is 0 Å². The zero-order chi connectivity index (χ0) is 16.7. The molecule has 1 saturated heterocycles. The summed E-state index contributed by atoms with van der Waals surface area (Å²) < 4.78 is 5.72. The number of hydrogen-bond acceptors (Lipinski definition) is 6. The number of rotatable bonds is 4. The lowest BCUT2D eigenvalue weighted by Gasteiger charge is -2.33. The van der Waals surface area contributed by atoms with Crippen molar-refractivity contribution in [3.8, 4) is 0 Å². The van der Waals surface area contributed by atoms with Crippen LogP contribution in [-0.4, -0.2) is 76.5 Å². The monoisotopic (exact) mass is 330 g/mol. The van der Waals surface area contributed by atoms with Crippen LogP contribution in [0.4, 0.5) is 0 Å². The van der Waals surface area contributed by atoms with E-state index in [9.17, 15) is 20.1 Å². The number of nitrogens with zero attached hydrogens (tertiary/aromatic N) is 1. The van der Waals surface area contributed by atoms with Crippen LogP contribution in [0.2, 0.25) is 0 Å². The fourth-order valence-corrected chi connectivity index (χ4v) is 3.38. The van der Waals surface area contributed by atoms with Crippen molar-refractivity contribution in [3.05, 3.63) is 24.4 Å². The van der Waals surface area contributed by atoms with E-state index < -0.39 is 43.1 Å². The molecule has 0 aromatic rings. The van der Waals surface area contributed by atoms with Gasteiger partial charge in [-0.15, -0.1) is 13.2 Å². The minimum absolute atomic E-state index is 0.171. The number of ether oxygens (including phenoxy) is 1. The number of hydrogen-bond donors (Lipinski definition) is 4. The van der Waals surface area contributed by atoms with Crippen LogP contribution in [0.25, 0.3) is 0 Å². The number of amides is 1. The largest absolute Gasteiger partial charge is 0.502 e. The molecule has 124 valence electrons. The molecule has 1 amide bonds. The van der Waals surface area contributed by atoms with E-state index >= 15 is 0 Å². The van der Waals surface area contributed by atoms with Gasteiger partial charge >= 0.3 is 0 Å². The summed E-state index contributed by atoms with van der Waals surface area (Å²) in [5.41, 5.74) is 0. The summed E-state index contributed by atoms with van der Waals surface area (Å²) in [7, 11) is 0. The molecule has 0 aromatic heterocycles. The molecule has 2 aliphatic heterocycles. The van der Waals surface area contributed by atoms with Crippen molar-refractivity contribution in [1.82, 2.24) is 10.2 Å². The standard InChI is InChI=1S/C14H23N2O5P/c1-8-15-13(20)9(17)7-16(8)14-12(19)11(18)10(21-14)5-6-22(2,3)4/h7,10-12,14,17-19H,1-2,5-6H2,3-4H3,(H,15,20)/t10?,11-,12-,14?/m1/s1. The van der Waals surface area contributed by atoms with Crippen molar-refractivity contribution >= 4 is 19.1 Å². The Morgan fingerprint density at radius 3 is 2.64 bits per heavy atom. The molecule has 22 heavy (non-hydrogen) atoms. The van der Waals surface area contributed by atoms with Crippen LogP contribution < -0.4 is 5.32 Å². The molecule has 0 spiro atoms. The third kappa shape index (κ3) is 3.55. The average Bonchev–Trinajstić information content (AvgIpc) is 2.68. The zero-order valence-corrected chi connectivity index (χ0v) is 13.7. The van der Waals surface area contributed by atoms with Gasteiger partial charge in [0, 0.05) is 0 Å². The molecule has 2 unspecified atom stereocenters. The number of carbonyl (C=O) groups is 1. The maximum atomic E-state index is 11.3. The van der Waals surface area contributed by atoms with Gasteiger partial charge in [-0.1, -0.05) is 6.58 Å². The predicted octanol–water partition coefficient (Wildman–Crippen LogP) is -0.165. The van der Waals surface area contributed by atoms with E-state index in [4.69, 9.17) is 4.74 Å². The Kier molecular flexibility index (Phi) is 4.73. The van der Waals surface area contributed by atoms with E-state index in [1.807, 2.05) is 0 Å². The van der Waals surface area contributed by atoms with Gasteiger partial charge in [-0.3, -0.25) is 4.79 Å². The predicted molar refractivity (Wildman–Crippen MR) is 85.9 cm³/mol. The van der Waals surface area contributed by atoms with Gasteiger partial charge < -0.3 is 30.3 Å². The molecule has 1 fully saturated rings. The highest BCUT2D eigenvalue weighted by atomic mass is 31.2. The van der Waals surface area contributed by atoms with Gasteiger partial charge in [-0.2, -0.15) is 0 Å². The van der Waals surface area contributed by atoms with Crippen LogP contribution in [-0.2, 0) is 9.53 Å².